The monoisotopic (exact) mass is 291 g/mol. The molecule has 0 unspecified atom stereocenters. The standard InChI is InChI=1S/C15H17NO3S/c1-9(2)14-16-12(15(17)18)13(20-14)11-6-4-5-10(7-11)8-19-3/h4-7,9H,8H2,1-3H3,(H,17,18). The molecule has 106 valence electrons. The maximum Gasteiger partial charge on any atom is 0.356 e. The van der Waals surface area contributed by atoms with E-state index >= 15 is 0 Å². The van der Waals surface area contributed by atoms with Crippen LogP contribution in [0.15, 0.2) is 24.3 Å². The molecule has 1 N–H and O–H groups in total. The van der Waals surface area contributed by atoms with Gasteiger partial charge in [0.05, 0.1) is 16.5 Å². The molecule has 0 atom stereocenters. The van der Waals surface area contributed by atoms with E-state index in [-0.39, 0.29) is 11.6 Å². The number of thiazole rings is 1. The highest BCUT2D eigenvalue weighted by molar-refractivity contribution is 7.15. The zero-order chi connectivity index (χ0) is 14.7. The molecule has 0 saturated carbocycles. The van der Waals surface area contributed by atoms with Gasteiger partial charge in [-0.15, -0.1) is 11.3 Å². The number of aromatic carboxylic acids is 1. The van der Waals surface area contributed by atoms with Crippen LogP contribution in [0, 0.1) is 0 Å². The van der Waals surface area contributed by atoms with Gasteiger partial charge in [-0.05, 0) is 17.2 Å². The van der Waals surface area contributed by atoms with E-state index in [1.807, 2.05) is 38.1 Å². The van der Waals surface area contributed by atoms with E-state index in [0.29, 0.717) is 11.5 Å². The van der Waals surface area contributed by atoms with Gasteiger partial charge in [0.2, 0.25) is 0 Å². The van der Waals surface area contributed by atoms with Crippen molar-refractivity contribution in [2.45, 2.75) is 26.4 Å². The molecule has 1 aromatic carbocycles. The molecule has 0 aliphatic carbocycles. The van der Waals surface area contributed by atoms with Gasteiger partial charge in [-0.25, -0.2) is 9.78 Å². The van der Waals surface area contributed by atoms with Crippen molar-refractivity contribution in [2.75, 3.05) is 7.11 Å². The number of ether oxygens (including phenoxy) is 1. The average molecular weight is 291 g/mol. The highest BCUT2D eigenvalue weighted by atomic mass is 32.1. The summed E-state index contributed by atoms with van der Waals surface area (Å²) in [5, 5.41) is 10.2. The first kappa shape index (κ1) is 14.7. The van der Waals surface area contributed by atoms with Gasteiger partial charge >= 0.3 is 5.97 Å². The van der Waals surface area contributed by atoms with Crippen molar-refractivity contribution in [3.8, 4) is 10.4 Å². The minimum absolute atomic E-state index is 0.133. The lowest BCUT2D eigenvalue weighted by atomic mass is 10.1. The van der Waals surface area contributed by atoms with Gasteiger partial charge in [0, 0.05) is 13.0 Å². The van der Waals surface area contributed by atoms with Crippen LogP contribution in [-0.4, -0.2) is 23.2 Å². The summed E-state index contributed by atoms with van der Waals surface area (Å²) in [6.07, 6.45) is 0. The first-order valence-electron chi connectivity index (χ1n) is 6.35. The van der Waals surface area contributed by atoms with E-state index in [4.69, 9.17) is 4.74 Å². The zero-order valence-electron chi connectivity index (χ0n) is 11.7. The Morgan fingerprint density at radius 1 is 1.45 bits per heavy atom. The molecule has 0 bridgehead atoms. The summed E-state index contributed by atoms with van der Waals surface area (Å²) in [5.74, 6) is -0.769. The highest BCUT2D eigenvalue weighted by Gasteiger charge is 2.20. The molecule has 1 aromatic heterocycles. The molecule has 0 aliphatic heterocycles. The van der Waals surface area contributed by atoms with Crippen LogP contribution in [0.25, 0.3) is 10.4 Å². The Morgan fingerprint density at radius 3 is 2.80 bits per heavy atom. The molecule has 20 heavy (non-hydrogen) atoms. The number of benzene rings is 1. The van der Waals surface area contributed by atoms with Gasteiger partial charge in [-0.2, -0.15) is 0 Å². The first-order chi connectivity index (χ1) is 9.52. The van der Waals surface area contributed by atoms with E-state index in [1.165, 1.54) is 11.3 Å². The Kier molecular flexibility index (Phi) is 4.52. The summed E-state index contributed by atoms with van der Waals surface area (Å²) in [6, 6.07) is 7.72. The normalized spacial score (nSPS) is 11.0. The van der Waals surface area contributed by atoms with Crippen LogP contribution in [-0.2, 0) is 11.3 Å². The molecule has 5 heteroatoms. The Bertz CT molecular complexity index is 619. The Morgan fingerprint density at radius 2 is 2.20 bits per heavy atom. The summed E-state index contributed by atoms with van der Waals surface area (Å²) >= 11 is 1.44. The summed E-state index contributed by atoms with van der Waals surface area (Å²) < 4.78 is 5.11. The Hall–Kier alpha value is -1.72. The molecule has 0 aliphatic rings. The summed E-state index contributed by atoms with van der Waals surface area (Å²) in [7, 11) is 1.64. The van der Waals surface area contributed by atoms with Crippen LogP contribution in [0.5, 0.6) is 0 Å². The first-order valence-corrected chi connectivity index (χ1v) is 7.16. The third-order valence-corrected chi connectivity index (χ3v) is 4.25. The van der Waals surface area contributed by atoms with E-state index < -0.39 is 5.97 Å². The zero-order valence-corrected chi connectivity index (χ0v) is 12.5. The van der Waals surface area contributed by atoms with Crippen molar-refractivity contribution in [1.82, 2.24) is 4.98 Å². The van der Waals surface area contributed by atoms with Crippen LogP contribution in [0.1, 0.15) is 40.8 Å². The van der Waals surface area contributed by atoms with Crippen molar-refractivity contribution in [1.29, 1.82) is 0 Å². The second-order valence-corrected chi connectivity index (χ2v) is 5.85. The van der Waals surface area contributed by atoms with Crippen molar-refractivity contribution >= 4 is 17.3 Å². The summed E-state index contributed by atoms with van der Waals surface area (Å²) in [6.45, 7) is 4.53. The van der Waals surface area contributed by atoms with E-state index in [1.54, 1.807) is 7.11 Å². The number of hydrogen-bond acceptors (Lipinski definition) is 4. The van der Waals surface area contributed by atoms with Crippen LogP contribution in [0.2, 0.25) is 0 Å². The maximum absolute atomic E-state index is 11.4. The van der Waals surface area contributed by atoms with Gasteiger partial charge in [0.1, 0.15) is 0 Å². The van der Waals surface area contributed by atoms with Crippen molar-refractivity contribution in [2.24, 2.45) is 0 Å². The fourth-order valence-electron chi connectivity index (χ4n) is 1.89. The van der Waals surface area contributed by atoms with E-state index in [9.17, 15) is 9.90 Å². The quantitative estimate of drug-likeness (QED) is 0.910. The van der Waals surface area contributed by atoms with E-state index in [0.717, 1.165) is 16.1 Å². The summed E-state index contributed by atoms with van der Waals surface area (Å²) in [5.41, 5.74) is 2.02. The molecule has 0 saturated heterocycles. The van der Waals surface area contributed by atoms with Gasteiger partial charge in [0.25, 0.3) is 0 Å². The van der Waals surface area contributed by atoms with Gasteiger partial charge < -0.3 is 9.84 Å². The van der Waals surface area contributed by atoms with Crippen molar-refractivity contribution in [3.05, 3.63) is 40.5 Å². The largest absolute Gasteiger partial charge is 0.476 e. The van der Waals surface area contributed by atoms with Crippen molar-refractivity contribution < 1.29 is 14.6 Å². The number of aromatic nitrogens is 1. The molecular weight excluding hydrogens is 274 g/mol. The molecule has 0 fully saturated rings. The molecule has 2 rings (SSSR count). The Labute approximate surface area is 122 Å². The van der Waals surface area contributed by atoms with Crippen LogP contribution < -0.4 is 0 Å². The lowest BCUT2D eigenvalue weighted by Crippen LogP contribution is -2.00. The third kappa shape index (κ3) is 3.05. The lowest BCUT2D eigenvalue weighted by Gasteiger charge is -2.03. The van der Waals surface area contributed by atoms with Gasteiger partial charge in [-0.3, -0.25) is 0 Å². The Balaban J connectivity index is 2.50. The maximum atomic E-state index is 11.4. The van der Waals surface area contributed by atoms with Gasteiger partial charge in [0.15, 0.2) is 5.69 Å². The van der Waals surface area contributed by atoms with Crippen LogP contribution >= 0.6 is 11.3 Å². The highest BCUT2D eigenvalue weighted by Crippen LogP contribution is 2.34. The number of hydrogen-bond donors (Lipinski definition) is 1. The number of carboxylic acids is 1. The van der Waals surface area contributed by atoms with Crippen molar-refractivity contribution in [3.63, 3.8) is 0 Å². The average Bonchev–Trinajstić information content (AvgIpc) is 2.85. The second kappa shape index (κ2) is 6.15. The van der Waals surface area contributed by atoms with Gasteiger partial charge in [-0.1, -0.05) is 32.0 Å². The molecule has 0 spiro atoms. The lowest BCUT2D eigenvalue weighted by molar-refractivity contribution is 0.0692. The molecule has 2 aromatic rings. The fourth-order valence-corrected chi connectivity index (χ4v) is 2.95. The minimum atomic E-state index is -0.986. The predicted octanol–water partition coefficient (Wildman–Crippen LogP) is 3.78. The minimum Gasteiger partial charge on any atom is -0.476 e. The van der Waals surface area contributed by atoms with Crippen LogP contribution in [0.3, 0.4) is 0 Å². The SMILES string of the molecule is COCc1cccc(-c2sc(C(C)C)nc2C(=O)O)c1. The number of rotatable bonds is 5. The molecular formula is C15H17NO3S. The topological polar surface area (TPSA) is 59.4 Å². The molecule has 0 radical (unpaired) electrons. The fraction of sp³-hybridized carbons (Fsp3) is 0.333. The number of carboxylic acid groups (broad SMARTS) is 1. The summed E-state index contributed by atoms with van der Waals surface area (Å²) in [4.78, 5) is 16.3. The number of methoxy groups -OCH3 is 1. The molecule has 1 heterocycles. The predicted molar refractivity (Wildman–Crippen MR) is 79.3 cm³/mol. The van der Waals surface area contributed by atoms with E-state index in [2.05, 4.69) is 4.98 Å². The molecule has 4 nitrogen and oxygen atoms in total. The third-order valence-electron chi connectivity index (χ3n) is 2.84. The number of carbonyl (C=O) groups is 1. The molecule has 0 amide bonds. The smallest absolute Gasteiger partial charge is 0.356 e. The second-order valence-electron chi connectivity index (χ2n) is 4.82. The number of nitrogens with zero attached hydrogens (tertiary/aromatic N) is 1. The van der Waals surface area contributed by atoms with Crippen LogP contribution in [0.4, 0.5) is 0 Å².